The van der Waals surface area contributed by atoms with Crippen molar-refractivity contribution in [2.75, 3.05) is 7.05 Å². The van der Waals surface area contributed by atoms with Gasteiger partial charge in [-0.05, 0) is 14.0 Å². The average Bonchev–Trinajstić information content (AvgIpc) is 1.88. The summed E-state index contributed by atoms with van der Waals surface area (Å²) in [6.45, 7) is 1.91. The van der Waals surface area contributed by atoms with Gasteiger partial charge in [0.15, 0.2) is 0 Å². The van der Waals surface area contributed by atoms with Crippen LogP contribution in [-0.2, 0) is 4.79 Å². The Morgan fingerprint density at radius 2 is 2.50 bits per heavy atom. The SMILES string of the molecule is CNC(C)CC(=O)N=CN. The lowest BCUT2D eigenvalue weighted by Gasteiger charge is -2.04. The number of rotatable bonds is 3. The molecule has 1 atom stereocenters. The minimum atomic E-state index is -0.190. The maximum Gasteiger partial charge on any atom is 0.248 e. The number of nitrogens with two attached hydrogens (primary N) is 1. The monoisotopic (exact) mass is 143 g/mol. The molecule has 0 saturated carbocycles. The van der Waals surface area contributed by atoms with Crippen LogP contribution in [0.25, 0.3) is 0 Å². The number of carbonyl (C=O) groups excluding carboxylic acids is 1. The van der Waals surface area contributed by atoms with Gasteiger partial charge in [-0.3, -0.25) is 4.79 Å². The van der Waals surface area contributed by atoms with Gasteiger partial charge in [-0.2, -0.15) is 0 Å². The summed E-state index contributed by atoms with van der Waals surface area (Å²) >= 11 is 0. The number of amides is 1. The first-order valence-electron chi connectivity index (χ1n) is 3.15. The summed E-state index contributed by atoms with van der Waals surface area (Å²) in [5.41, 5.74) is 4.91. The highest BCUT2D eigenvalue weighted by Crippen LogP contribution is 1.90. The lowest BCUT2D eigenvalue weighted by molar-refractivity contribution is -0.118. The Morgan fingerprint density at radius 3 is 2.90 bits per heavy atom. The molecule has 0 radical (unpaired) electrons. The number of aliphatic imine (C=N–C) groups is 1. The highest BCUT2D eigenvalue weighted by molar-refractivity contribution is 5.84. The second-order valence-corrected chi connectivity index (χ2v) is 2.07. The molecule has 0 fully saturated rings. The third-order valence-corrected chi connectivity index (χ3v) is 1.19. The summed E-state index contributed by atoms with van der Waals surface area (Å²) in [6, 6.07) is 0.163. The third-order valence-electron chi connectivity index (χ3n) is 1.19. The van der Waals surface area contributed by atoms with E-state index in [4.69, 9.17) is 5.73 Å². The van der Waals surface area contributed by atoms with E-state index in [1.165, 1.54) is 0 Å². The summed E-state index contributed by atoms with van der Waals surface area (Å²) in [5.74, 6) is -0.190. The Balaban J connectivity index is 3.57. The molecule has 4 heteroatoms. The summed E-state index contributed by atoms with van der Waals surface area (Å²) in [4.78, 5) is 14.1. The molecule has 1 unspecified atom stereocenters. The van der Waals surface area contributed by atoms with Crippen molar-refractivity contribution in [2.24, 2.45) is 10.7 Å². The lowest BCUT2D eigenvalue weighted by Crippen LogP contribution is -2.23. The zero-order valence-electron chi connectivity index (χ0n) is 6.29. The van der Waals surface area contributed by atoms with Crippen LogP contribution in [0.2, 0.25) is 0 Å². The van der Waals surface area contributed by atoms with Gasteiger partial charge in [0.05, 0.1) is 6.34 Å². The number of carbonyl (C=O) groups is 1. The Bertz CT molecular complexity index is 133. The second-order valence-electron chi connectivity index (χ2n) is 2.07. The van der Waals surface area contributed by atoms with E-state index in [9.17, 15) is 4.79 Å². The Labute approximate surface area is 60.5 Å². The number of hydrogen-bond acceptors (Lipinski definition) is 2. The molecule has 0 aromatic heterocycles. The van der Waals surface area contributed by atoms with E-state index in [0.29, 0.717) is 6.42 Å². The molecule has 0 bridgehead atoms. The predicted molar refractivity (Wildman–Crippen MR) is 40.8 cm³/mol. The average molecular weight is 143 g/mol. The van der Waals surface area contributed by atoms with Gasteiger partial charge in [0.1, 0.15) is 0 Å². The van der Waals surface area contributed by atoms with Crippen molar-refractivity contribution in [3.63, 3.8) is 0 Å². The number of nitrogens with zero attached hydrogens (tertiary/aromatic N) is 1. The van der Waals surface area contributed by atoms with Crippen LogP contribution in [0.4, 0.5) is 0 Å². The first kappa shape index (κ1) is 9.10. The highest BCUT2D eigenvalue weighted by Gasteiger charge is 2.03. The van der Waals surface area contributed by atoms with Crippen molar-refractivity contribution in [2.45, 2.75) is 19.4 Å². The van der Waals surface area contributed by atoms with Crippen LogP contribution in [0.5, 0.6) is 0 Å². The van der Waals surface area contributed by atoms with E-state index >= 15 is 0 Å². The molecule has 3 N–H and O–H groups in total. The maximum atomic E-state index is 10.7. The van der Waals surface area contributed by atoms with Crippen LogP contribution in [0.1, 0.15) is 13.3 Å². The topological polar surface area (TPSA) is 67.5 Å². The minimum Gasteiger partial charge on any atom is -0.390 e. The van der Waals surface area contributed by atoms with Crippen LogP contribution in [0, 0.1) is 0 Å². The third kappa shape index (κ3) is 4.03. The van der Waals surface area contributed by atoms with Gasteiger partial charge in [-0.15, -0.1) is 0 Å². The molecule has 0 aromatic rings. The van der Waals surface area contributed by atoms with Crippen LogP contribution in [0.3, 0.4) is 0 Å². The van der Waals surface area contributed by atoms with E-state index in [0.717, 1.165) is 6.34 Å². The molecule has 10 heavy (non-hydrogen) atoms. The van der Waals surface area contributed by atoms with Crippen molar-refractivity contribution in [1.29, 1.82) is 0 Å². The summed E-state index contributed by atoms with van der Waals surface area (Å²) in [5, 5.41) is 2.92. The summed E-state index contributed by atoms with van der Waals surface area (Å²) < 4.78 is 0. The van der Waals surface area contributed by atoms with Gasteiger partial charge in [0.25, 0.3) is 0 Å². The van der Waals surface area contributed by atoms with Crippen molar-refractivity contribution in [3.05, 3.63) is 0 Å². The lowest BCUT2D eigenvalue weighted by atomic mass is 10.2. The van der Waals surface area contributed by atoms with Gasteiger partial charge < -0.3 is 11.1 Å². The fourth-order valence-corrected chi connectivity index (χ4v) is 0.500. The fourth-order valence-electron chi connectivity index (χ4n) is 0.500. The molecule has 0 saturated heterocycles. The molecule has 4 nitrogen and oxygen atoms in total. The molecular formula is C6H13N3O. The molecule has 0 aliphatic heterocycles. The molecule has 0 aromatic carbocycles. The number of nitrogens with one attached hydrogen (secondary N) is 1. The van der Waals surface area contributed by atoms with Crippen molar-refractivity contribution in [1.82, 2.24) is 5.32 Å². The van der Waals surface area contributed by atoms with Gasteiger partial charge in [0.2, 0.25) is 5.91 Å². The van der Waals surface area contributed by atoms with E-state index < -0.39 is 0 Å². The van der Waals surface area contributed by atoms with Crippen molar-refractivity contribution < 1.29 is 4.79 Å². The molecule has 0 heterocycles. The smallest absolute Gasteiger partial charge is 0.248 e. The Kier molecular flexibility index (Phi) is 4.49. The summed E-state index contributed by atoms with van der Waals surface area (Å²) in [7, 11) is 1.80. The van der Waals surface area contributed by atoms with Gasteiger partial charge in [-0.25, -0.2) is 4.99 Å². The van der Waals surface area contributed by atoms with Crippen LogP contribution in [0.15, 0.2) is 4.99 Å². The van der Waals surface area contributed by atoms with Crippen molar-refractivity contribution >= 4 is 12.2 Å². The molecule has 0 rings (SSSR count). The first-order valence-corrected chi connectivity index (χ1v) is 3.15. The second kappa shape index (κ2) is 4.93. The molecule has 58 valence electrons. The first-order chi connectivity index (χ1) is 4.70. The highest BCUT2D eigenvalue weighted by atomic mass is 16.1. The molecule has 1 amide bonds. The molecular weight excluding hydrogens is 130 g/mol. The van der Waals surface area contributed by atoms with E-state index in [1.807, 2.05) is 6.92 Å². The standard InChI is InChI=1S/C6H13N3O/c1-5(8-2)3-6(10)9-4-7/h4-5,8H,3H2,1-2H3,(H2,7,9,10). The van der Waals surface area contributed by atoms with Gasteiger partial charge >= 0.3 is 0 Å². The number of hydrogen-bond donors (Lipinski definition) is 2. The van der Waals surface area contributed by atoms with Crippen LogP contribution in [-0.4, -0.2) is 25.3 Å². The molecule has 0 spiro atoms. The van der Waals surface area contributed by atoms with Gasteiger partial charge in [0, 0.05) is 12.5 Å². The normalized spacial score (nSPS) is 13.8. The zero-order valence-corrected chi connectivity index (χ0v) is 6.29. The predicted octanol–water partition coefficient (Wildman–Crippen LogP) is -0.502. The Morgan fingerprint density at radius 1 is 1.90 bits per heavy atom. The molecule has 0 aliphatic carbocycles. The largest absolute Gasteiger partial charge is 0.390 e. The van der Waals surface area contributed by atoms with Gasteiger partial charge in [-0.1, -0.05) is 0 Å². The quantitative estimate of drug-likeness (QED) is 0.413. The maximum absolute atomic E-state index is 10.7. The summed E-state index contributed by atoms with van der Waals surface area (Å²) in [6.07, 6.45) is 1.41. The van der Waals surface area contributed by atoms with E-state index in [2.05, 4.69) is 10.3 Å². The van der Waals surface area contributed by atoms with Crippen LogP contribution >= 0.6 is 0 Å². The minimum absolute atomic E-state index is 0.163. The fraction of sp³-hybridized carbons (Fsp3) is 0.667. The van der Waals surface area contributed by atoms with E-state index in [1.54, 1.807) is 7.05 Å². The van der Waals surface area contributed by atoms with E-state index in [-0.39, 0.29) is 11.9 Å². The Hall–Kier alpha value is -0.900. The molecule has 0 aliphatic rings. The zero-order chi connectivity index (χ0) is 7.98. The van der Waals surface area contributed by atoms with Crippen LogP contribution < -0.4 is 11.1 Å². The van der Waals surface area contributed by atoms with Crippen molar-refractivity contribution in [3.8, 4) is 0 Å².